The molecule has 1 aromatic carbocycles. The lowest BCUT2D eigenvalue weighted by molar-refractivity contribution is 0.473. The van der Waals surface area contributed by atoms with Gasteiger partial charge in [-0.15, -0.1) is 6.58 Å². The second kappa shape index (κ2) is 4.44. The van der Waals surface area contributed by atoms with E-state index in [-0.39, 0.29) is 11.8 Å². The Morgan fingerprint density at radius 2 is 2.31 bits per heavy atom. The summed E-state index contributed by atoms with van der Waals surface area (Å²) in [5, 5.41) is 9.25. The van der Waals surface area contributed by atoms with E-state index < -0.39 is 0 Å². The van der Waals surface area contributed by atoms with Gasteiger partial charge in [-0.25, -0.2) is 0 Å². The smallest absolute Gasteiger partial charge is 0.115 e. The van der Waals surface area contributed by atoms with Gasteiger partial charge in [0.05, 0.1) is 0 Å². The Balaban J connectivity index is 2.97. The van der Waals surface area contributed by atoms with Gasteiger partial charge in [-0.05, 0) is 30.2 Å². The van der Waals surface area contributed by atoms with Gasteiger partial charge in [-0.1, -0.05) is 22.0 Å². The van der Waals surface area contributed by atoms with E-state index in [4.69, 9.17) is 5.73 Å². The number of halogens is 1. The van der Waals surface area contributed by atoms with Crippen LogP contribution in [0.25, 0.3) is 0 Å². The van der Waals surface area contributed by atoms with Crippen LogP contribution in [0.3, 0.4) is 0 Å². The van der Waals surface area contributed by atoms with Gasteiger partial charge < -0.3 is 10.8 Å². The molecule has 0 aromatic heterocycles. The first kappa shape index (κ1) is 10.3. The summed E-state index contributed by atoms with van der Waals surface area (Å²) in [6.45, 7) is 3.62. The third-order valence-corrected chi connectivity index (χ3v) is 2.52. The number of hydrogen-bond acceptors (Lipinski definition) is 2. The first-order valence-electron chi connectivity index (χ1n) is 4.00. The molecular formula is C10H12BrNO. The number of phenolic OH excluding ortho intramolecular Hbond substituents is 1. The molecule has 3 heteroatoms. The van der Waals surface area contributed by atoms with Crippen molar-refractivity contribution in [3.05, 3.63) is 40.9 Å². The fourth-order valence-electron chi connectivity index (χ4n) is 1.12. The molecule has 1 rings (SSSR count). The minimum atomic E-state index is -0.112. The summed E-state index contributed by atoms with van der Waals surface area (Å²) in [5.41, 5.74) is 6.77. The molecule has 0 spiro atoms. The van der Waals surface area contributed by atoms with Crippen molar-refractivity contribution in [2.24, 2.45) is 5.73 Å². The lowest BCUT2D eigenvalue weighted by Gasteiger charge is -2.11. The maximum Gasteiger partial charge on any atom is 0.115 e. The number of benzene rings is 1. The largest absolute Gasteiger partial charge is 0.508 e. The molecule has 0 aliphatic carbocycles. The Morgan fingerprint density at radius 1 is 1.62 bits per heavy atom. The maximum atomic E-state index is 9.25. The molecule has 0 bridgehead atoms. The Bertz CT molecular complexity index is 312. The van der Waals surface area contributed by atoms with E-state index in [9.17, 15) is 5.11 Å². The van der Waals surface area contributed by atoms with Crippen molar-refractivity contribution >= 4 is 15.9 Å². The number of rotatable bonds is 3. The lowest BCUT2D eigenvalue weighted by Crippen LogP contribution is -2.09. The highest BCUT2D eigenvalue weighted by atomic mass is 79.9. The Morgan fingerprint density at radius 3 is 2.92 bits per heavy atom. The summed E-state index contributed by atoms with van der Waals surface area (Å²) < 4.78 is 0.916. The van der Waals surface area contributed by atoms with Gasteiger partial charge in [0.1, 0.15) is 5.75 Å². The average Bonchev–Trinajstić information content (AvgIpc) is 2.09. The van der Waals surface area contributed by atoms with E-state index in [1.807, 2.05) is 0 Å². The second-order valence-electron chi connectivity index (χ2n) is 2.84. The van der Waals surface area contributed by atoms with Crippen LogP contribution < -0.4 is 5.73 Å². The molecular weight excluding hydrogens is 230 g/mol. The zero-order valence-electron chi connectivity index (χ0n) is 7.20. The Hall–Kier alpha value is -0.800. The lowest BCUT2D eigenvalue weighted by atomic mass is 10.0. The van der Waals surface area contributed by atoms with E-state index in [1.54, 1.807) is 24.3 Å². The topological polar surface area (TPSA) is 46.2 Å². The van der Waals surface area contributed by atoms with E-state index >= 15 is 0 Å². The molecule has 70 valence electrons. The Kier molecular flexibility index (Phi) is 3.51. The van der Waals surface area contributed by atoms with Gasteiger partial charge in [0, 0.05) is 10.5 Å². The van der Waals surface area contributed by atoms with Crippen molar-refractivity contribution in [2.75, 3.05) is 0 Å². The number of phenols is 1. The number of nitrogens with two attached hydrogens (primary N) is 1. The Labute approximate surface area is 86.2 Å². The fraction of sp³-hybridized carbons (Fsp3) is 0.200. The minimum Gasteiger partial charge on any atom is -0.508 e. The zero-order chi connectivity index (χ0) is 9.84. The van der Waals surface area contributed by atoms with Crippen molar-refractivity contribution < 1.29 is 5.11 Å². The maximum absolute atomic E-state index is 9.25. The van der Waals surface area contributed by atoms with Gasteiger partial charge >= 0.3 is 0 Å². The molecule has 0 amide bonds. The quantitative estimate of drug-likeness (QED) is 0.800. The van der Waals surface area contributed by atoms with Crippen molar-refractivity contribution in [1.82, 2.24) is 0 Å². The highest BCUT2D eigenvalue weighted by Crippen LogP contribution is 2.27. The van der Waals surface area contributed by atoms with Gasteiger partial charge in [0.15, 0.2) is 0 Å². The van der Waals surface area contributed by atoms with E-state index in [2.05, 4.69) is 22.5 Å². The van der Waals surface area contributed by atoms with Crippen LogP contribution in [0.2, 0.25) is 0 Å². The predicted molar refractivity (Wildman–Crippen MR) is 57.5 cm³/mol. The predicted octanol–water partition coefficient (Wildman–Crippen LogP) is 2.73. The zero-order valence-corrected chi connectivity index (χ0v) is 8.79. The van der Waals surface area contributed by atoms with E-state index in [1.165, 1.54) is 0 Å². The van der Waals surface area contributed by atoms with Gasteiger partial charge in [0.2, 0.25) is 0 Å². The molecule has 3 N–H and O–H groups in total. The molecule has 0 radical (unpaired) electrons. The van der Waals surface area contributed by atoms with Crippen LogP contribution in [0.4, 0.5) is 0 Å². The third kappa shape index (κ3) is 2.57. The minimum absolute atomic E-state index is 0.112. The van der Waals surface area contributed by atoms with Crippen molar-refractivity contribution in [2.45, 2.75) is 12.5 Å². The fourth-order valence-corrected chi connectivity index (χ4v) is 1.66. The van der Waals surface area contributed by atoms with Gasteiger partial charge in [0.25, 0.3) is 0 Å². The number of hydrogen-bond donors (Lipinski definition) is 2. The normalized spacial score (nSPS) is 12.5. The van der Waals surface area contributed by atoms with Crippen molar-refractivity contribution in [3.63, 3.8) is 0 Å². The number of aromatic hydroxyl groups is 1. The van der Waals surface area contributed by atoms with Crippen LogP contribution >= 0.6 is 15.9 Å². The monoisotopic (exact) mass is 241 g/mol. The molecule has 1 atom stereocenters. The SMILES string of the molecule is C=CC[C@@H](N)c1cc(O)ccc1Br. The highest BCUT2D eigenvalue weighted by Gasteiger charge is 2.08. The molecule has 0 fully saturated rings. The summed E-state index contributed by atoms with van der Waals surface area (Å²) in [6.07, 6.45) is 2.46. The second-order valence-corrected chi connectivity index (χ2v) is 3.69. The highest BCUT2D eigenvalue weighted by molar-refractivity contribution is 9.10. The molecule has 0 unspecified atom stereocenters. The summed E-state index contributed by atoms with van der Waals surface area (Å²) in [4.78, 5) is 0. The van der Waals surface area contributed by atoms with Gasteiger partial charge in [-0.3, -0.25) is 0 Å². The summed E-state index contributed by atoms with van der Waals surface area (Å²) in [7, 11) is 0. The molecule has 0 saturated heterocycles. The third-order valence-electron chi connectivity index (χ3n) is 1.80. The first-order valence-corrected chi connectivity index (χ1v) is 4.79. The van der Waals surface area contributed by atoms with Crippen LogP contribution in [0.1, 0.15) is 18.0 Å². The van der Waals surface area contributed by atoms with Crippen LogP contribution in [0.5, 0.6) is 5.75 Å². The van der Waals surface area contributed by atoms with Crippen LogP contribution in [-0.4, -0.2) is 5.11 Å². The summed E-state index contributed by atoms with van der Waals surface area (Å²) in [6, 6.07) is 4.96. The van der Waals surface area contributed by atoms with Crippen molar-refractivity contribution in [1.29, 1.82) is 0 Å². The van der Waals surface area contributed by atoms with E-state index in [0.29, 0.717) is 6.42 Å². The molecule has 0 aliphatic heterocycles. The van der Waals surface area contributed by atoms with Crippen LogP contribution in [0.15, 0.2) is 35.3 Å². The molecule has 0 saturated carbocycles. The molecule has 0 heterocycles. The first-order chi connectivity index (χ1) is 6.15. The molecule has 13 heavy (non-hydrogen) atoms. The van der Waals surface area contributed by atoms with Crippen LogP contribution in [0, 0.1) is 0 Å². The molecule has 0 aliphatic rings. The summed E-state index contributed by atoms with van der Waals surface area (Å²) in [5.74, 6) is 0.234. The van der Waals surface area contributed by atoms with E-state index in [0.717, 1.165) is 10.0 Å². The molecule has 2 nitrogen and oxygen atoms in total. The molecule has 1 aromatic rings. The van der Waals surface area contributed by atoms with Crippen LogP contribution in [-0.2, 0) is 0 Å². The van der Waals surface area contributed by atoms with Gasteiger partial charge in [-0.2, -0.15) is 0 Å². The standard InChI is InChI=1S/C10H12BrNO/c1-2-3-10(12)8-6-7(13)4-5-9(8)11/h2,4-6,10,13H,1,3,12H2/t10-/m1/s1. The summed E-state index contributed by atoms with van der Waals surface area (Å²) >= 11 is 3.38. The van der Waals surface area contributed by atoms with Crippen molar-refractivity contribution in [3.8, 4) is 5.75 Å². The average molecular weight is 242 g/mol.